The van der Waals surface area contributed by atoms with Gasteiger partial charge in [0.2, 0.25) is 0 Å². The van der Waals surface area contributed by atoms with Crippen LogP contribution in [0.3, 0.4) is 0 Å². The van der Waals surface area contributed by atoms with Gasteiger partial charge < -0.3 is 10.2 Å². The molecule has 5 nitrogen and oxygen atoms in total. The van der Waals surface area contributed by atoms with E-state index < -0.39 is 0 Å². The van der Waals surface area contributed by atoms with E-state index in [2.05, 4.69) is 17.3 Å². The third kappa shape index (κ3) is 3.93. The molecule has 2 rings (SSSR count). The van der Waals surface area contributed by atoms with Crippen LogP contribution in [0.4, 0.5) is 11.4 Å². The lowest BCUT2D eigenvalue weighted by molar-refractivity contribution is -0.384. The van der Waals surface area contributed by atoms with Gasteiger partial charge in [0.15, 0.2) is 0 Å². The first kappa shape index (κ1) is 14.8. The minimum Gasteiger partial charge on any atom is -0.385 e. The molecule has 0 bridgehead atoms. The summed E-state index contributed by atoms with van der Waals surface area (Å²) in [5, 5.41) is 14.1. The second-order valence-electron chi connectivity index (χ2n) is 5.72. The largest absolute Gasteiger partial charge is 0.385 e. The Balaban J connectivity index is 1.84. The van der Waals surface area contributed by atoms with Gasteiger partial charge in [0.1, 0.15) is 0 Å². The minimum atomic E-state index is -0.346. The van der Waals surface area contributed by atoms with Crippen molar-refractivity contribution in [3.05, 3.63) is 33.9 Å². The van der Waals surface area contributed by atoms with Gasteiger partial charge >= 0.3 is 0 Å². The Bertz CT molecular complexity index is 468. The fraction of sp³-hybridized carbons (Fsp3) is 0.600. The first-order valence-corrected chi connectivity index (χ1v) is 7.23. The fourth-order valence-corrected chi connectivity index (χ4v) is 2.68. The molecular formula is C15H23N3O2. The molecule has 0 aliphatic carbocycles. The number of non-ortho nitro benzene ring substituents is 1. The van der Waals surface area contributed by atoms with E-state index in [1.54, 1.807) is 18.2 Å². The summed E-state index contributed by atoms with van der Waals surface area (Å²) >= 11 is 0. The molecule has 110 valence electrons. The number of nitrogens with one attached hydrogen (secondary N) is 1. The van der Waals surface area contributed by atoms with Crippen LogP contribution in [0.25, 0.3) is 0 Å². The summed E-state index contributed by atoms with van der Waals surface area (Å²) in [5.41, 5.74) is 2.09. The fourth-order valence-electron chi connectivity index (χ4n) is 2.68. The maximum Gasteiger partial charge on any atom is 0.271 e. The summed E-state index contributed by atoms with van der Waals surface area (Å²) in [4.78, 5) is 12.8. The molecule has 0 saturated carbocycles. The van der Waals surface area contributed by atoms with E-state index in [4.69, 9.17) is 0 Å². The Kier molecular flexibility index (Phi) is 4.95. The van der Waals surface area contributed by atoms with Crippen LogP contribution in [0, 0.1) is 23.0 Å². The molecule has 1 saturated heterocycles. The number of nitrogens with zero attached hydrogens (tertiary/aromatic N) is 2. The number of hydrogen-bond donors (Lipinski definition) is 1. The number of benzene rings is 1. The van der Waals surface area contributed by atoms with Gasteiger partial charge in [-0.15, -0.1) is 0 Å². The molecule has 1 fully saturated rings. The maximum absolute atomic E-state index is 10.8. The summed E-state index contributed by atoms with van der Waals surface area (Å²) in [7, 11) is 2.17. The summed E-state index contributed by atoms with van der Waals surface area (Å²) < 4.78 is 0. The SMILES string of the molecule is Cc1ccc([N+](=O)[O-])cc1NCCC1CCN(C)CC1. The smallest absolute Gasteiger partial charge is 0.271 e. The standard InChI is InChI=1S/C15H23N3O2/c1-12-3-4-14(18(19)20)11-15(12)16-8-5-13-6-9-17(2)10-7-13/h3-4,11,13,16H,5-10H2,1-2H3. The van der Waals surface area contributed by atoms with Crippen LogP contribution in [-0.4, -0.2) is 36.5 Å². The van der Waals surface area contributed by atoms with Crippen molar-refractivity contribution >= 4 is 11.4 Å². The highest BCUT2D eigenvalue weighted by molar-refractivity contribution is 5.56. The molecule has 1 aromatic rings. The number of nitro benzene ring substituents is 1. The predicted octanol–water partition coefficient (Wildman–Crippen LogP) is 3.05. The Hall–Kier alpha value is -1.62. The number of rotatable bonds is 5. The molecule has 0 atom stereocenters. The molecule has 5 heteroatoms. The molecule has 0 spiro atoms. The Morgan fingerprint density at radius 1 is 1.40 bits per heavy atom. The number of piperidine rings is 1. The molecule has 1 N–H and O–H groups in total. The van der Waals surface area contributed by atoms with E-state index in [0.717, 1.165) is 30.1 Å². The maximum atomic E-state index is 10.8. The Morgan fingerprint density at radius 2 is 2.10 bits per heavy atom. The van der Waals surface area contributed by atoms with E-state index >= 15 is 0 Å². The van der Waals surface area contributed by atoms with Crippen molar-refractivity contribution in [1.29, 1.82) is 0 Å². The van der Waals surface area contributed by atoms with E-state index in [0.29, 0.717) is 0 Å². The van der Waals surface area contributed by atoms with Crippen LogP contribution < -0.4 is 5.32 Å². The molecule has 1 aliphatic heterocycles. The summed E-state index contributed by atoms with van der Waals surface area (Å²) in [6.07, 6.45) is 3.65. The zero-order valence-corrected chi connectivity index (χ0v) is 12.3. The third-order valence-corrected chi connectivity index (χ3v) is 4.14. The normalized spacial score (nSPS) is 17.1. The van der Waals surface area contributed by atoms with Crippen molar-refractivity contribution in [2.45, 2.75) is 26.2 Å². The topological polar surface area (TPSA) is 58.4 Å². The molecular weight excluding hydrogens is 254 g/mol. The minimum absolute atomic E-state index is 0.150. The molecule has 1 aliphatic rings. The number of likely N-dealkylation sites (tertiary alicyclic amines) is 1. The van der Waals surface area contributed by atoms with Crippen molar-refractivity contribution < 1.29 is 4.92 Å². The van der Waals surface area contributed by atoms with Gasteiger partial charge in [-0.3, -0.25) is 10.1 Å². The van der Waals surface area contributed by atoms with Gasteiger partial charge in [-0.05, 0) is 57.8 Å². The van der Waals surface area contributed by atoms with E-state index in [1.165, 1.54) is 25.9 Å². The predicted molar refractivity (Wildman–Crippen MR) is 81.2 cm³/mol. The van der Waals surface area contributed by atoms with Gasteiger partial charge in [0, 0.05) is 24.4 Å². The van der Waals surface area contributed by atoms with Gasteiger partial charge in [-0.2, -0.15) is 0 Å². The zero-order valence-electron chi connectivity index (χ0n) is 12.3. The van der Waals surface area contributed by atoms with E-state index in [1.807, 2.05) is 6.92 Å². The van der Waals surface area contributed by atoms with Crippen LogP contribution in [0.1, 0.15) is 24.8 Å². The second-order valence-corrected chi connectivity index (χ2v) is 5.72. The number of hydrogen-bond acceptors (Lipinski definition) is 4. The number of nitro groups is 1. The van der Waals surface area contributed by atoms with E-state index in [-0.39, 0.29) is 10.6 Å². The molecule has 20 heavy (non-hydrogen) atoms. The van der Waals surface area contributed by atoms with Gasteiger partial charge in [-0.1, -0.05) is 6.07 Å². The van der Waals surface area contributed by atoms with Crippen LogP contribution in [-0.2, 0) is 0 Å². The monoisotopic (exact) mass is 277 g/mol. The highest BCUT2D eigenvalue weighted by Gasteiger charge is 2.16. The molecule has 1 heterocycles. The van der Waals surface area contributed by atoms with Gasteiger partial charge in [0.25, 0.3) is 5.69 Å². The quantitative estimate of drug-likeness (QED) is 0.664. The van der Waals surface area contributed by atoms with Crippen molar-refractivity contribution in [2.24, 2.45) is 5.92 Å². The Morgan fingerprint density at radius 3 is 2.75 bits per heavy atom. The molecule has 0 unspecified atom stereocenters. The lowest BCUT2D eigenvalue weighted by Crippen LogP contribution is -2.30. The first-order valence-electron chi connectivity index (χ1n) is 7.23. The molecule has 1 aromatic carbocycles. The van der Waals surface area contributed by atoms with Crippen molar-refractivity contribution in [1.82, 2.24) is 4.90 Å². The molecule has 0 radical (unpaired) electrons. The van der Waals surface area contributed by atoms with Crippen LogP contribution in [0.5, 0.6) is 0 Å². The number of aryl methyl sites for hydroxylation is 1. The van der Waals surface area contributed by atoms with Gasteiger partial charge in [-0.25, -0.2) is 0 Å². The summed E-state index contributed by atoms with van der Waals surface area (Å²) in [6, 6.07) is 4.98. The van der Waals surface area contributed by atoms with E-state index in [9.17, 15) is 10.1 Å². The van der Waals surface area contributed by atoms with Crippen molar-refractivity contribution in [2.75, 3.05) is 32.0 Å². The Labute approximate surface area is 120 Å². The lowest BCUT2D eigenvalue weighted by atomic mass is 9.94. The average Bonchev–Trinajstić information content (AvgIpc) is 2.43. The number of anilines is 1. The van der Waals surface area contributed by atoms with Gasteiger partial charge in [0.05, 0.1) is 4.92 Å². The van der Waals surface area contributed by atoms with Crippen molar-refractivity contribution in [3.8, 4) is 0 Å². The highest BCUT2D eigenvalue weighted by Crippen LogP contribution is 2.23. The van der Waals surface area contributed by atoms with Crippen molar-refractivity contribution in [3.63, 3.8) is 0 Å². The average molecular weight is 277 g/mol. The third-order valence-electron chi connectivity index (χ3n) is 4.14. The second kappa shape index (κ2) is 6.70. The molecule has 0 aromatic heterocycles. The van der Waals surface area contributed by atoms with Crippen LogP contribution in [0.15, 0.2) is 18.2 Å². The van der Waals surface area contributed by atoms with Crippen LogP contribution >= 0.6 is 0 Å². The zero-order chi connectivity index (χ0) is 14.5. The summed E-state index contributed by atoms with van der Waals surface area (Å²) in [6.45, 7) is 5.22. The summed E-state index contributed by atoms with van der Waals surface area (Å²) in [5.74, 6) is 0.776. The highest BCUT2D eigenvalue weighted by atomic mass is 16.6. The first-order chi connectivity index (χ1) is 9.56. The lowest BCUT2D eigenvalue weighted by Gasteiger charge is -2.29. The van der Waals surface area contributed by atoms with Crippen LogP contribution in [0.2, 0.25) is 0 Å². The molecule has 0 amide bonds.